The van der Waals surface area contributed by atoms with Crippen LogP contribution in [0.5, 0.6) is 5.75 Å². The summed E-state index contributed by atoms with van der Waals surface area (Å²) in [6, 6.07) is 12.2. The SMILES string of the molecule is C=C(C)C(=O)OCCc1cc(OCCO)ccc1-c1ccc(C)cc1C. The first kappa shape index (κ1) is 19.7. The van der Waals surface area contributed by atoms with E-state index < -0.39 is 0 Å². The summed E-state index contributed by atoms with van der Waals surface area (Å²) in [7, 11) is 0. The summed E-state index contributed by atoms with van der Waals surface area (Å²) in [6.45, 7) is 9.86. The number of aliphatic hydroxyl groups excluding tert-OH is 1. The van der Waals surface area contributed by atoms with Crippen LogP contribution in [0.1, 0.15) is 23.6 Å². The first-order valence-electron chi connectivity index (χ1n) is 8.69. The molecule has 0 heterocycles. The van der Waals surface area contributed by atoms with Crippen molar-refractivity contribution in [3.8, 4) is 16.9 Å². The molecule has 2 aromatic carbocycles. The molecule has 26 heavy (non-hydrogen) atoms. The molecule has 0 fully saturated rings. The molecule has 0 saturated carbocycles. The number of hydrogen-bond donors (Lipinski definition) is 1. The zero-order chi connectivity index (χ0) is 19.1. The van der Waals surface area contributed by atoms with E-state index in [9.17, 15) is 4.79 Å². The molecule has 0 bridgehead atoms. The van der Waals surface area contributed by atoms with Gasteiger partial charge in [-0.05, 0) is 55.2 Å². The van der Waals surface area contributed by atoms with Crippen LogP contribution < -0.4 is 4.74 Å². The largest absolute Gasteiger partial charge is 0.491 e. The monoisotopic (exact) mass is 354 g/mol. The molecule has 0 unspecified atom stereocenters. The van der Waals surface area contributed by atoms with E-state index in [1.807, 2.05) is 18.2 Å². The highest BCUT2D eigenvalue weighted by Crippen LogP contribution is 2.31. The van der Waals surface area contributed by atoms with Gasteiger partial charge in [-0.1, -0.05) is 36.4 Å². The lowest BCUT2D eigenvalue weighted by Crippen LogP contribution is -2.09. The van der Waals surface area contributed by atoms with Crippen LogP contribution in [0.25, 0.3) is 11.1 Å². The minimum atomic E-state index is -0.384. The van der Waals surface area contributed by atoms with Crippen molar-refractivity contribution >= 4 is 5.97 Å². The Morgan fingerprint density at radius 3 is 2.46 bits per heavy atom. The Morgan fingerprint density at radius 1 is 1.08 bits per heavy atom. The third kappa shape index (κ3) is 5.20. The number of carbonyl (C=O) groups excluding carboxylic acids is 1. The van der Waals surface area contributed by atoms with Crippen LogP contribution in [-0.4, -0.2) is 30.9 Å². The zero-order valence-corrected chi connectivity index (χ0v) is 15.7. The molecule has 138 valence electrons. The van der Waals surface area contributed by atoms with Gasteiger partial charge in [-0.3, -0.25) is 0 Å². The summed E-state index contributed by atoms with van der Waals surface area (Å²) in [5, 5.41) is 8.96. The number of aliphatic hydroxyl groups is 1. The second-order valence-corrected chi connectivity index (χ2v) is 6.38. The van der Waals surface area contributed by atoms with E-state index >= 15 is 0 Å². The van der Waals surface area contributed by atoms with E-state index in [0.29, 0.717) is 17.7 Å². The molecule has 0 aliphatic rings. The fraction of sp³-hybridized carbons (Fsp3) is 0.318. The van der Waals surface area contributed by atoms with Crippen molar-refractivity contribution in [2.24, 2.45) is 0 Å². The molecule has 0 radical (unpaired) electrons. The third-order valence-corrected chi connectivity index (χ3v) is 4.06. The van der Waals surface area contributed by atoms with Gasteiger partial charge in [0, 0.05) is 12.0 Å². The van der Waals surface area contributed by atoms with Gasteiger partial charge in [0.05, 0.1) is 13.2 Å². The zero-order valence-electron chi connectivity index (χ0n) is 15.7. The number of rotatable bonds is 8. The minimum absolute atomic E-state index is 0.0373. The fourth-order valence-corrected chi connectivity index (χ4v) is 2.79. The van der Waals surface area contributed by atoms with Gasteiger partial charge in [-0.25, -0.2) is 4.79 Å². The topological polar surface area (TPSA) is 55.8 Å². The number of aryl methyl sites for hydroxylation is 2. The maximum absolute atomic E-state index is 11.6. The van der Waals surface area contributed by atoms with Gasteiger partial charge < -0.3 is 14.6 Å². The minimum Gasteiger partial charge on any atom is -0.491 e. The van der Waals surface area contributed by atoms with Gasteiger partial charge in [0.15, 0.2) is 0 Å². The Morgan fingerprint density at radius 2 is 1.81 bits per heavy atom. The third-order valence-electron chi connectivity index (χ3n) is 4.06. The maximum Gasteiger partial charge on any atom is 0.333 e. The van der Waals surface area contributed by atoms with E-state index in [1.165, 1.54) is 11.1 Å². The summed E-state index contributed by atoms with van der Waals surface area (Å²) in [6.07, 6.45) is 0.567. The highest BCUT2D eigenvalue weighted by molar-refractivity contribution is 5.86. The van der Waals surface area contributed by atoms with Crippen molar-refractivity contribution in [1.29, 1.82) is 0 Å². The van der Waals surface area contributed by atoms with Crippen LogP contribution in [0.2, 0.25) is 0 Å². The molecule has 0 aliphatic carbocycles. The van der Waals surface area contributed by atoms with Crippen molar-refractivity contribution < 1.29 is 19.4 Å². The molecule has 2 aromatic rings. The molecule has 0 saturated heterocycles. The average Bonchev–Trinajstić information content (AvgIpc) is 2.60. The molecule has 0 aliphatic heterocycles. The molecule has 1 N–H and O–H groups in total. The Labute approximate surface area is 155 Å². The number of esters is 1. The van der Waals surface area contributed by atoms with E-state index in [2.05, 4.69) is 38.6 Å². The number of ether oxygens (including phenoxy) is 2. The van der Waals surface area contributed by atoms with Crippen molar-refractivity contribution in [3.63, 3.8) is 0 Å². The van der Waals surface area contributed by atoms with Gasteiger partial charge in [-0.2, -0.15) is 0 Å². The Kier molecular flexibility index (Phi) is 6.98. The van der Waals surface area contributed by atoms with Crippen LogP contribution in [-0.2, 0) is 16.0 Å². The molecule has 0 aromatic heterocycles. The molecule has 0 amide bonds. The van der Waals surface area contributed by atoms with Crippen LogP contribution in [0, 0.1) is 13.8 Å². The summed E-state index contributed by atoms with van der Waals surface area (Å²) in [5.74, 6) is 0.305. The Hall–Kier alpha value is -2.59. The lowest BCUT2D eigenvalue weighted by atomic mass is 9.93. The predicted octanol–water partition coefficient (Wildman–Crippen LogP) is 4.00. The van der Waals surface area contributed by atoms with E-state index in [0.717, 1.165) is 16.7 Å². The van der Waals surface area contributed by atoms with E-state index in [-0.39, 0.29) is 25.8 Å². The van der Waals surface area contributed by atoms with Crippen LogP contribution in [0.4, 0.5) is 0 Å². The fourth-order valence-electron chi connectivity index (χ4n) is 2.79. The van der Waals surface area contributed by atoms with Crippen molar-refractivity contribution in [3.05, 3.63) is 65.2 Å². The molecular formula is C22H26O4. The standard InChI is InChI=1S/C22H26O4/c1-15(2)22(24)26-11-9-18-14-19(25-12-10-23)6-8-21(18)20-7-5-16(3)13-17(20)4/h5-8,13-14,23H,1,9-12H2,2-4H3. The van der Waals surface area contributed by atoms with Crippen LogP contribution in [0.3, 0.4) is 0 Å². The number of carbonyl (C=O) groups is 1. The normalized spacial score (nSPS) is 10.5. The first-order chi connectivity index (χ1) is 12.4. The van der Waals surface area contributed by atoms with Gasteiger partial charge in [0.2, 0.25) is 0 Å². The molecular weight excluding hydrogens is 328 g/mol. The van der Waals surface area contributed by atoms with Crippen molar-refractivity contribution in [1.82, 2.24) is 0 Å². The Balaban J connectivity index is 2.30. The maximum atomic E-state index is 11.6. The second kappa shape index (κ2) is 9.20. The second-order valence-electron chi connectivity index (χ2n) is 6.38. The van der Waals surface area contributed by atoms with Crippen molar-refractivity contribution in [2.45, 2.75) is 27.2 Å². The van der Waals surface area contributed by atoms with Gasteiger partial charge in [0.25, 0.3) is 0 Å². The van der Waals surface area contributed by atoms with E-state index in [1.54, 1.807) is 6.92 Å². The van der Waals surface area contributed by atoms with Crippen LogP contribution in [0.15, 0.2) is 48.6 Å². The predicted molar refractivity (Wildman–Crippen MR) is 103 cm³/mol. The van der Waals surface area contributed by atoms with E-state index in [4.69, 9.17) is 14.6 Å². The number of benzene rings is 2. The van der Waals surface area contributed by atoms with Crippen LogP contribution >= 0.6 is 0 Å². The molecule has 0 spiro atoms. The highest BCUT2D eigenvalue weighted by atomic mass is 16.5. The molecule has 4 heteroatoms. The molecule has 0 atom stereocenters. The number of hydrogen-bond acceptors (Lipinski definition) is 4. The lowest BCUT2D eigenvalue weighted by molar-refractivity contribution is -0.138. The van der Waals surface area contributed by atoms with Gasteiger partial charge >= 0.3 is 5.97 Å². The molecule has 2 rings (SSSR count). The lowest BCUT2D eigenvalue weighted by Gasteiger charge is -2.15. The quantitative estimate of drug-likeness (QED) is 0.575. The summed E-state index contributed by atoms with van der Waals surface area (Å²) < 4.78 is 10.8. The summed E-state index contributed by atoms with van der Waals surface area (Å²) >= 11 is 0. The van der Waals surface area contributed by atoms with Gasteiger partial charge in [-0.15, -0.1) is 0 Å². The smallest absolute Gasteiger partial charge is 0.333 e. The summed E-state index contributed by atoms with van der Waals surface area (Å²) in [5.41, 5.74) is 6.05. The summed E-state index contributed by atoms with van der Waals surface area (Å²) in [4.78, 5) is 11.6. The highest BCUT2D eigenvalue weighted by Gasteiger charge is 2.11. The first-order valence-corrected chi connectivity index (χ1v) is 8.69. The molecule has 4 nitrogen and oxygen atoms in total. The van der Waals surface area contributed by atoms with Crippen molar-refractivity contribution in [2.75, 3.05) is 19.8 Å². The average molecular weight is 354 g/mol. The Bertz CT molecular complexity index is 793. The van der Waals surface area contributed by atoms with Gasteiger partial charge in [0.1, 0.15) is 12.4 Å².